The molecule has 5 heteroatoms. The molecular weight excluding hydrogens is 230 g/mol. The van der Waals surface area contributed by atoms with Gasteiger partial charge in [0.2, 0.25) is 0 Å². The summed E-state index contributed by atoms with van der Waals surface area (Å²) in [5, 5.41) is 0. The number of benzene rings is 1. The number of nitrogens with two attached hydrogens (primary N) is 2. The fourth-order valence-corrected chi connectivity index (χ4v) is 2.39. The molecule has 1 fully saturated rings. The van der Waals surface area contributed by atoms with Crippen molar-refractivity contribution < 1.29 is 9.53 Å². The average Bonchev–Trinajstić information content (AvgIpc) is 2.27. The Morgan fingerprint density at radius 2 is 1.94 bits per heavy atom. The Balaban J connectivity index is 2.36. The third-order valence-electron chi connectivity index (χ3n) is 3.05. The number of morpholine rings is 1. The number of hydrogen-bond donors (Lipinski definition) is 2. The summed E-state index contributed by atoms with van der Waals surface area (Å²) in [7, 11) is 0. The number of primary amides is 1. The SMILES string of the molecule is CC1CN(c2cc(N)ccc2C(N)=O)CC(C)O1. The topological polar surface area (TPSA) is 81.6 Å². The van der Waals surface area contributed by atoms with Crippen LogP contribution in [-0.4, -0.2) is 31.2 Å². The molecule has 1 heterocycles. The maximum Gasteiger partial charge on any atom is 0.250 e. The van der Waals surface area contributed by atoms with Crippen molar-refractivity contribution >= 4 is 17.3 Å². The number of ether oxygens (including phenoxy) is 1. The van der Waals surface area contributed by atoms with Crippen molar-refractivity contribution in [2.24, 2.45) is 5.73 Å². The quantitative estimate of drug-likeness (QED) is 0.765. The zero-order valence-electron chi connectivity index (χ0n) is 10.7. The second-order valence-electron chi connectivity index (χ2n) is 4.80. The Hall–Kier alpha value is -1.75. The van der Waals surface area contributed by atoms with E-state index in [2.05, 4.69) is 4.90 Å². The maximum absolute atomic E-state index is 11.5. The standard InChI is InChI=1S/C13H19N3O2/c1-8-6-16(7-9(2)18-8)12-5-10(14)3-4-11(12)13(15)17/h3-5,8-9H,6-7,14H2,1-2H3,(H2,15,17). The van der Waals surface area contributed by atoms with Crippen LogP contribution < -0.4 is 16.4 Å². The molecule has 2 atom stereocenters. The van der Waals surface area contributed by atoms with Gasteiger partial charge in [0, 0.05) is 18.8 Å². The predicted octanol–water partition coefficient (Wildman–Crippen LogP) is 0.981. The molecule has 18 heavy (non-hydrogen) atoms. The van der Waals surface area contributed by atoms with E-state index in [0.29, 0.717) is 11.3 Å². The highest BCUT2D eigenvalue weighted by atomic mass is 16.5. The molecule has 1 saturated heterocycles. The number of carbonyl (C=O) groups excluding carboxylic acids is 1. The summed E-state index contributed by atoms with van der Waals surface area (Å²) in [4.78, 5) is 13.6. The van der Waals surface area contributed by atoms with Crippen molar-refractivity contribution in [2.45, 2.75) is 26.1 Å². The second kappa shape index (κ2) is 4.86. The molecule has 4 N–H and O–H groups in total. The third-order valence-corrected chi connectivity index (χ3v) is 3.05. The van der Waals surface area contributed by atoms with Crippen molar-refractivity contribution in [1.29, 1.82) is 0 Å². The van der Waals surface area contributed by atoms with E-state index in [4.69, 9.17) is 16.2 Å². The van der Waals surface area contributed by atoms with Crippen LogP contribution in [0.5, 0.6) is 0 Å². The van der Waals surface area contributed by atoms with Crippen LogP contribution in [0, 0.1) is 0 Å². The van der Waals surface area contributed by atoms with E-state index in [0.717, 1.165) is 18.8 Å². The average molecular weight is 249 g/mol. The van der Waals surface area contributed by atoms with Gasteiger partial charge in [0.15, 0.2) is 0 Å². The molecule has 0 bridgehead atoms. The first-order valence-electron chi connectivity index (χ1n) is 6.07. The summed E-state index contributed by atoms with van der Waals surface area (Å²) in [6.45, 7) is 5.49. The van der Waals surface area contributed by atoms with Gasteiger partial charge in [-0.3, -0.25) is 4.79 Å². The number of hydrogen-bond acceptors (Lipinski definition) is 4. The summed E-state index contributed by atoms with van der Waals surface area (Å²) in [6, 6.07) is 5.17. The van der Waals surface area contributed by atoms with Crippen LogP contribution >= 0.6 is 0 Å². The minimum Gasteiger partial charge on any atom is -0.399 e. The van der Waals surface area contributed by atoms with Crippen LogP contribution in [0.2, 0.25) is 0 Å². The monoisotopic (exact) mass is 249 g/mol. The first-order chi connectivity index (χ1) is 8.47. The number of nitrogen functional groups attached to an aromatic ring is 1. The molecule has 0 radical (unpaired) electrons. The first kappa shape index (κ1) is 12.7. The molecule has 2 unspecified atom stereocenters. The van der Waals surface area contributed by atoms with Gasteiger partial charge in [0.25, 0.3) is 5.91 Å². The van der Waals surface area contributed by atoms with Crippen molar-refractivity contribution in [1.82, 2.24) is 0 Å². The van der Waals surface area contributed by atoms with E-state index >= 15 is 0 Å². The van der Waals surface area contributed by atoms with E-state index in [1.54, 1.807) is 18.2 Å². The van der Waals surface area contributed by atoms with Gasteiger partial charge in [0.05, 0.1) is 23.5 Å². The van der Waals surface area contributed by atoms with Crippen molar-refractivity contribution in [3.63, 3.8) is 0 Å². The lowest BCUT2D eigenvalue weighted by Gasteiger charge is -2.37. The first-order valence-corrected chi connectivity index (χ1v) is 6.07. The molecule has 1 aromatic rings. The van der Waals surface area contributed by atoms with Crippen molar-refractivity contribution in [3.8, 4) is 0 Å². The summed E-state index contributed by atoms with van der Waals surface area (Å²) in [6.07, 6.45) is 0.242. The molecule has 1 aliphatic rings. The summed E-state index contributed by atoms with van der Waals surface area (Å²) in [5.74, 6) is -0.434. The van der Waals surface area contributed by atoms with E-state index in [1.807, 2.05) is 13.8 Å². The zero-order chi connectivity index (χ0) is 13.3. The minimum atomic E-state index is -0.434. The lowest BCUT2D eigenvalue weighted by Crippen LogP contribution is -2.46. The predicted molar refractivity (Wildman–Crippen MR) is 71.6 cm³/mol. The molecule has 1 aliphatic heterocycles. The van der Waals surface area contributed by atoms with Gasteiger partial charge in [-0.1, -0.05) is 0 Å². The van der Waals surface area contributed by atoms with Crippen LogP contribution in [0.3, 0.4) is 0 Å². The largest absolute Gasteiger partial charge is 0.399 e. The Labute approximate surface area is 107 Å². The minimum absolute atomic E-state index is 0.121. The van der Waals surface area contributed by atoms with Gasteiger partial charge >= 0.3 is 0 Å². The lowest BCUT2D eigenvalue weighted by molar-refractivity contribution is -0.00526. The van der Waals surface area contributed by atoms with E-state index in [1.165, 1.54) is 0 Å². The molecule has 0 spiro atoms. The zero-order valence-corrected chi connectivity index (χ0v) is 10.7. The van der Waals surface area contributed by atoms with Crippen LogP contribution in [0.15, 0.2) is 18.2 Å². The van der Waals surface area contributed by atoms with Crippen molar-refractivity contribution in [3.05, 3.63) is 23.8 Å². The number of carbonyl (C=O) groups is 1. The van der Waals surface area contributed by atoms with Gasteiger partial charge in [-0.2, -0.15) is 0 Å². The molecule has 1 aromatic carbocycles. The molecule has 98 valence electrons. The van der Waals surface area contributed by atoms with Gasteiger partial charge < -0.3 is 21.1 Å². The molecule has 5 nitrogen and oxygen atoms in total. The molecule has 2 rings (SSSR count). The molecule has 0 aromatic heterocycles. The number of nitrogens with zero attached hydrogens (tertiary/aromatic N) is 1. The number of rotatable bonds is 2. The Kier molecular flexibility index (Phi) is 3.43. The van der Waals surface area contributed by atoms with E-state index in [9.17, 15) is 4.79 Å². The molecular formula is C13H19N3O2. The Morgan fingerprint density at radius 1 is 1.33 bits per heavy atom. The van der Waals surface area contributed by atoms with E-state index < -0.39 is 5.91 Å². The highest BCUT2D eigenvalue weighted by molar-refractivity contribution is 5.99. The molecule has 0 saturated carbocycles. The van der Waals surface area contributed by atoms with Gasteiger partial charge in [-0.25, -0.2) is 0 Å². The van der Waals surface area contributed by atoms with Gasteiger partial charge in [-0.15, -0.1) is 0 Å². The van der Waals surface area contributed by atoms with Gasteiger partial charge in [-0.05, 0) is 32.0 Å². The normalized spacial score (nSPS) is 24.0. The van der Waals surface area contributed by atoms with Crippen LogP contribution in [0.4, 0.5) is 11.4 Å². The van der Waals surface area contributed by atoms with Crippen molar-refractivity contribution in [2.75, 3.05) is 23.7 Å². The summed E-state index contributed by atoms with van der Waals surface area (Å²) < 4.78 is 5.68. The van der Waals surface area contributed by atoms with Crippen LogP contribution in [0.25, 0.3) is 0 Å². The fourth-order valence-electron chi connectivity index (χ4n) is 2.39. The molecule has 0 aliphatic carbocycles. The molecule has 1 amide bonds. The number of anilines is 2. The second-order valence-corrected chi connectivity index (χ2v) is 4.80. The summed E-state index contributed by atoms with van der Waals surface area (Å²) in [5.41, 5.74) is 13.1. The number of amides is 1. The Bertz CT molecular complexity index is 452. The van der Waals surface area contributed by atoms with Gasteiger partial charge in [0.1, 0.15) is 0 Å². The van der Waals surface area contributed by atoms with E-state index in [-0.39, 0.29) is 12.2 Å². The Morgan fingerprint density at radius 3 is 2.50 bits per heavy atom. The highest BCUT2D eigenvalue weighted by Crippen LogP contribution is 2.26. The lowest BCUT2D eigenvalue weighted by atomic mass is 10.1. The van der Waals surface area contributed by atoms with Crippen LogP contribution in [-0.2, 0) is 4.74 Å². The third kappa shape index (κ3) is 2.56. The van der Waals surface area contributed by atoms with Crippen LogP contribution in [0.1, 0.15) is 24.2 Å². The smallest absolute Gasteiger partial charge is 0.250 e. The fraction of sp³-hybridized carbons (Fsp3) is 0.462. The summed E-state index contributed by atoms with van der Waals surface area (Å²) >= 11 is 0. The highest BCUT2D eigenvalue weighted by Gasteiger charge is 2.25. The maximum atomic E-state index is 11.5.